The number of anilines is 3. The molecule has 3 aromatic carbocycles. The fourth-order valence-corrected chi connectivity index (χ4v) is 6.23. The normalized spacial score (nSPS) is 19.3. The van der Waals surface area contributed by atoms with Gasteiger partial charge in [0.2, 0.25) is 0 Å². The molecular weight excluding hydrogens is 470 g/mol. The Hall–Kier alpha value is -3.35. The van der Waals surface area contributed by atoms with E-state index in [-0.39, 0.29) is 18.4 Å². The van der Waals surface area contributed by atoms with Crippen LogP contribution in [-0.2, 0) is 6.42 Å². The van der Waals surface area contributed by atoms with Gasteiger partial charge >= 0.3 is 6.03 Å². The standard InChI is InChI=1S/C29H29N5O.ClH/c35-29(31-25-9-3-6-20-5-1-2-8-23(20)25)34-14-11-21-17-26-24(18-28(21)34)27(10-12-30-26)33-16-15-32-13-4-7-22(32)19-33;/h1-3,5-6,8-10,12,17-18,22H,4,7,11,13-16,19H2,(H,31,35);1H/t22-;/m0./s1. The average Bonchev–Trinajstić information content (AvgIpc) is 3.53. The Bertz CT molecular complexity index is 1450. The summed E-state index contributed by atoms with van der Waals surface area (Å²) in [6, 6.07) is 21.3. The highest BCUT2D eigenvalue weighted by Crippen LogP contribution is 2.37. The molecule has 4 aromatic rings. The minimum absolute atomic E-state index is 0. The first-order valence-electron chi connectivity index (χ1n) is 12.7. The van der Waals surface area contributed by atoms with Gasteiger partial charge in [-0.05, 0) is 61.0 Å². The van der Waals surface area contributed by atoms with E-state index in [1.54, 1.807) is 0 Å². The molecule has 0 unspecified atom stereocenters. The van der Waals surface area contributed by atoms with Crippen molar-refractivity contribution in [3.8, 4) is 0 Å². The second-order valence-corrected chi connectivity index (χ2v) is 9.96. The summed E-state index contributed by atoms with van der Waals surface area (Å²) in [5, 5.41) is 6.49. The molecule has 2 amide bonds. The number of aromatic nitrogens is 1. The number of amides is 2. The van der Waals surface area contributed by atoms with Crippen molar-refractivity contribution in [1.82, 2.24) is 9.88 Å². The van der Waals surface area contributed by atoms with Crippen molar-refractivity contribution in [2.75, 3.05) is 47.8 Å². The molecule has 7 heteroatoms. The zero-order chi connectivity index (χ0) is 23.4. The largest absolute Gasteiger partial charge is 0.368 e. The fraction of sp³-hybridized carbons (Fsp3) is 0.310. The number of hydrogen-bond acceptors (Lipinski definition) is 4. The van der Waals surface area contributed by atoms with Crippen LogP contribution in [0.2, 0.25) is 0 Å². The van der Waals surface area contributed by atoms with Crippen LogP contribution >= 0.6 is 12.4 Å². The van der Waals surface area contributed by atoms with E-state index in [1.165, 1.54) is 30.6 Å². The van der Waals surface area contributed by atoms with Crippen LogP contribution in [0.3, 0.4) is 0 Å². The van der Waals surface area contributed by atoms with E-state index < -0.39 is 0 Å². The van der Waals surface area contributed by atoms with Gasteiger partial charge in [-0.25, -0.2) is 4.79 Å². The molecule has 3 aliphatic heterocycles. The number of carbonyl (C=O) groups is 1. The number of fused-ring (bicyclic) bond motifs is 4. The van der Waals surface area contributed by atoms with Gasteiger partial charge in [-0.1, -0.05) is 36.4 Å². The maximum atomic E-state index is 13.5. The molecule has 0 spiro atoms. The molecule has 1 aromatic heterocycles. The molecular formula is C29H30ClN5O. The number of benzene rings is 3. The molecule has 0 radical (unpaired) electrons. The minimum atomic E-state index is -0.0792. The lowest BCUT2D eigenvalue weighted by atomic mass is 10.1. The number of pyridine rings is 1. The molecule has 0 aliphatic carbocycles. The number of rotatable bonds is 2. The highest BCUT2D eigenvalue weighted by atomic mass is 35.5. The predicted octanol–water partition coefficient (Wildman–Crippen LogP) is 5.69. The Morgan fingerprint density at radius 1 is 0.917 bits per heavy atom. The number of carbonyl (C=O) groups excluding carboxylic acids is 1. The minimum Gasteiger partial charge on any atom is -0.368 e. The highest BCUT2D eigenvalue weighted by molar-refractivity contribution is 6.09. The van der Waals surface area contributed by atoms with Crippen molar-refractivity contribution in [2.24, 2.45) is 0 Å². The van der Waals surface area contributed by atoms with Crippen molar-refractivity contribution in [3.05, 3.63) is 72.4 Å². The van der Waals surface area contributed by atoms with E-state index in [0.29, 0.717) is 12.6 Å². The zero-order valence-corrected chi connectivity index (χ0v) is 21.0. The average molecular weight is 500 g/mol. The van der Waals surface area contributed by atoms with E-state index in [4.69, 9.17) is 4.98 Å². The number of hydrogen-bond donors (Lipinski definition) is 1. The summed E-state index contributed by atoms with van der Waals surface area (Å²) in [4.78, 5) is 25.2. The van der Waals surface area contributed by atoms with E-state index in [2.05, 4.69) is 51.5 Å². The maximum absolute atomic E-state index is 13.5. The molecule has 1 N–H and O–H groups in total. The lowest BCUT2D eigenvalue weighted by Gasteiger charge is -2.39. The lowest BCUT2D eigenvalue weighted by Crippen LogP contribution is -2.50. The number of nitrogens with one attached hydrogen (secondary N) is 1. The van der Waals surface area contributed by atoms with Crippen LogP contribution < -0.4 is 15.1 Å². The molecule has 2 fully saturated rings. The molecule has 6 nitrogen and oxygen atoms in total. The molecule has 1 atom stereocenters. The number of nitrogens with zero attached hydrogens (tertiary/aromatic N) is 4. The van der Waals surface area contributed by atoms with Gasteiger partial charge in [0.1, 0.15) is 0 Å². The third-order valence-corrected chi connectivity index (χ3v) is 8.02. The number of piperazine rings is 1. The van der Waals surface area contributed by atoms with Crippen molar-refractivity contribution >= 4 is 57.2 Å². The second kappa shape index (κ2) is 9.26. The Morgan fingerprint density at radius 2 is 1.81 bits per heavy atom. The van der Waals surface area contributed by atoms with Crippen LogP contribution in [-0.4, -0.2) is 54.7 Å². The maximum Gasteiger partial charge on any atom is 0.326 e. The van der Waals surface area contributed by atoms with Crippen LogP contribution in [0.25, 0.3) is 21.7 Å². The molecule has 0 bridgehead atoms. The van der Waals surface area contributed by atoms with Crippen molar-refractivity contribution in [3.63, 3.8) is 0 Å². The van der Waals surface area contributed by atoms with Crippen LogP contribution in [0.4, 0.5) is 21.9 Å². The smallest absolute Gasteiger partial charge is 0.326 e. The van der Waals surface area contributed by atoms with Gasteiger partial charge in [0, 0.05) is 60.6 Å². The zero-order valence-electron chi connectivity index (χ0n) is 20.2. The van der Waals surface area contributed by atoms with Crippen LogP contribution in [0.5, 0.6) is 0 Å². The van der Waals surface area contributed by atoms with Gasteiger partial charge in [0.15, 0.2) is 0 Å². The first-order chi connectivity index (χ1) is 17.2. The molecule has 0 saturated carbocycles. The summed E-state index contributed by atoms with van der Waals surface area (Å²) in [5.41, 5.74) is 5.30. The molecule has 4 heterocycles. The fourth-order valence-electron chi connectivity index (χ4n) is 6.23. The highest BCUT2D eigenvalue weighted by Gasteiger charge is 2.32. The third kappa shape index (κ3) is 3.85. The van der Waals surface area contributed by atoms with Gasteiger partial charge in [-0.2, -0.15) is 0 Å². The van der Waals surface area contributed by atoms with Crippen molar-refractivity contribution in [2.45, 2.75) is 25.3 Å². The SMILES string of the molecule is Cl.O=C(Nc1cccc2ccccc12)N1CCc2cc3nccc(N4CCN5CCC[C@H]5C4)c3cc21. The molecule has 7 rings (SSSR count). The number of urea groups is 1. The Labute approximate surface area is 217 Å². The van der Waals surface area contributed by atoms with Gasteiger partial charge in [0.25, 0.3) is 0 Å². The summed E-state index contributed by atoms with van der Waals surface area (Å²) in [7, 11) is 0. The van der Waals surface area contributed by atoms with Crippen LogP contribution in [0, 0.1) is 0 Å². The first-order valence-corrected chi connectivity index (χ1v) is 12.7. The predicted molar refractivity (Wildman–Crippen MR) is 150 cm³/mol. The van der Waals surface area contributed by atoms with Crippen molar-refractivity contribution < 1.29 is 4.79 Å². The molecule has 36 heavy (non-hydrogen) atoms. The second-order valence-electron chi connectivity index (χ2n) is 9.96. The van der Waals surface area contributed by atoms with E-state index in [0.717, 1.165) is 59.1 Å². The quantitative estimate of drug-likeness (QED) is 0.385. The number of halogens is 1. The van der Waals surface area contributed by atoms with E-state index >= 15 is 0 Å². The van der Waals surface area contributed by atoms with Gasteiger partial charge in [-0.15, -0.1) is 12.4 Å². The molecule has 3 aliphatic rings. The summed E-state index contributed by atoms with van der Waals surface area (Å²) in [5.74, 6) is 0. The Morgan fingerprint density at radius 3 is 2.75 bits per heavy atom. The van der Waals surface area contributed by atoms with Gasteiger partial charge < -0.3 is 10.2 Å². The summed E-state index contributed by atoms with van der Waals surface area (Å²) >= 11 is 0. The summed E-state index contributed by atoms with van der Waals surface area (Å²) in [6.45, 7) is 5.15. The Balaban J connectivity index is 0.00000240. The van der Waals surface area contributed by atoms with Crippen LogP contribution in [0.15, 0.2) is 66.9 Å². The van der Waals surface area contributed by atoms with E-state index in [1.807, 2.05) is 35.4 Å². The topological polar surface area (TPSA) is 51.7 Å². The lowest BCUT2D eigenvalue weighted by molar-refractivity contribution is 0.231. The van der Waals surface area contributed by atoms with Crippen LogP contribution in [0.1, 0.15) is 18.4 Å². The molecule has 2 saturated heterocycles. The van der Waals surface area contributed by atoms with Gasteiger partial charge in [0.05, 0.1) is 11.2 Å². The summed E-state index contributed by atoms with van der Waals surface area (Å²) < 4.78 is 0. The van der Waals surface area contributed by atoms with Crippen molar-refractivity contribution in [1.29, 1.82) is 0 Å². The van der Waals surface area contributed by atoms with Gasteiger partial charge in [-0.3, -0.25) is 14.8 Å². The van der Waals surface area contributed by atoms with E-state index in [9.17, 15) is 4.79 Å². The Kier molecular flexibility index (Phi) is 5.94. The molecule has 184 valence electrons. The third-order valence-electron chi connectivity index (χ3n) is 8.02. The first kappa shape index (κ1) is 23.1. The monoisotopic (exact) mass is 499 g/mol. The summed E-state index contributed by atoms with van der Waals surface area (Å²) in [6.07, 6.45) is 5.38.